The molecule has 1 saturated carbocycles. The molecule has 4 aliphatic rings. The summed E-state index contributed by atoms with van der Waals surface area (Å²) in [5, 5.41) is 5.17. The molecule has 4 fully saturated rings. The van der Waals surface area contributed by atoms with Gasteiger partial charge in [0.25, 0.3) is 5.91 Å². The number of ether oxygens (including phenoxy) is 1. The first-order valence-corrected chi connectivity index (χ1v) is 13.4. The predicted octanol–water partition coefficient (Wildman–Crippen LogP) is 0.334. The van der Waals surface area contributed by atoms with E-state index in [9.17, 15) is 14.4 Å². The number of thiophene rings is 1. The lowest BCUT2D eigenvalue weighted by atomic mass is 10.1. The minimum absolute atomic E-state index is 0.0147. The van der Waals surface area contributed by atoms with Crippen molar-refractivity contribution in [3.05, 3.63) is 22.4 Å². The van der Waals surface area contributed by atoms with Crippen molar-refractivity contribution in [2.45, 2.75) is 31.3 Å². The molecule has 9 nitrogen and oxygen atoms in total. The van der Waals surface area contributed by atoms with Gasteiger partial charge in [-0.15, -0.1) is 11.3 Å². The largest absolute Gasteiger partial charge is 0.379 e. The molecule has 2 unspecified atom stereocenters. The topological polar surface area (TPSA) is 85.4 Å². The van der Waals surface area contributed by atoms with Crippen LogP contribution in [-0.2, 0) is 14.3 Å². The van der Waals surface area contributed by atoms with E-state index in [1.54, 1.807) is 4.90 Å². The molecule has 1 N–H and O–H groups in total. The molecule has 3 saturated heterocycles. The molecule has 1 aliphatic carbocycles. The molecule has 0 radical (unpaired) electrons. The first-order chi connectivity index (χ1) is 16.6. The Kier molecular flexibility index (Phi) is 7.48. The molecule has 3 amide bonds. The van der Waals surface area contributed by atoms with E-state index in [1.807, 2.05) is 27.3 Å². The number of carbonyl (C=O) groups is 3. The maximum Gasteiger partial charge on any atom is 0.264 e. The summed E-state index contributed by atoms with van der Waals surface area (Å²) in [6, 6.07) is 3.03. The van der Waals surface area contributed by atoms with Crippen molar-refractivity contribution in [1.82, 2.24) is 24.9 Å². The molecular weight excluding hydrogens is 454 g/mol. The van der Waals surface area contributed by atoms with E-state index < -0.39 is 6.04 Å². The standard InChI is InChI=1S/C24H35N5O4S/c30-22(18-3-4-18)28(10-9-26-11-13-33-14-12-26)19-16-20(23(31)27-7-5-25-6-8-27)29(17-19)24(32)21-2-1-15-34-21/h1-2,15,18-20,25H,3-14,16-17H2. The summed E-state index contributed by atoms with van der Waals surface area (Å²) in [4.78, 5) is 48.9. The Morgan fingerprint density at radius 2 is 1.88 bits per heavy atom. The third-order valence-corrected chi connectivity index (χ3v) is 8.25. The van der Waals surface area contributed by atoms with Gasteiger partial charge in [-0.2, -0.15) is 0 Å². The van der Waals surface area contributed by atoms with Crippen LogP contribution in [0.1, 0.15) is 28.9 Å². The van der Waals surface area contributed by atoms with Gasteiger partial charge in [-0.1, -0.05) is 6.07 Å². The van der Waals surface area contributed by atoms with Crippen molar-refractivity contribution in [1.29, 1.82) is 0 Å². The summed E-state index contributed by atoms with van der Waals surface area (Å²) in [6.07, 6.45) is 2.41. The Hall–Kier alpha value is -2.01. The summed E-state index contributed by atoms with van der Waals surface area (Å²) in [6.45, 7) is 7.91. The fourth-order valence-corrected chi connectivity index (χ4v) is 5.93. The number of morpholine rings is 1. The van der Waals surface area contributed by atoms with Crippen LogP contribution in [0, 0.1) is 5.92 Å². The first-order valence-electron chi connectivity index (χ1n) is 12.6. The fraction of sp³-hybridized carbons (Fsp3) is 0.708. The van der Waals surface area contributed by atoms with Crippen LogP contribution < -0.4 is 5.32 Å². The van der Waals surface area contributed by atoms with E-state index >= 15 is 0 Å². The van der Waals surface area contributed by atoms with Crippen LogP contribution in [-0.4, -0.2) is 122 Å². The van der Waals surface area contributed by atoms with Crippen molar-refractivity contribution in [3.8, 4) is 0 Å². The zero-order chi connectivity index (χ0) is 23.5. The van der Waals surface area contributed by atoms with Gasteiger partial charge in [-0.25, -0.2) is 0 Å². The Balaban J connectivity index is 1.34. The fourth-order valence-electron chi connectivity index (χ4n) is 5.25. The lowest BCUT2D eigenvalue weighted by molar-refractivity contribution is -0.137. The van der Waals surface area contributed by atoms with Crippen LogP contribution in [0.2, 0.25) is 0 Å². The molecule has 0 bridgehead atoms. The number of carbonyl (C=O) groups excluding carboxylic acids is 3. The zero-order valence-corrected chi connectivity index (χ0v) is 20.5. The van der Waals surface area contributed by atoms with Crippen LogP contribution in [0.4, 0.5) is 0 Å². The molecule has 4 heterocycles. The Labute approximate surface area is 205 Å². The van der Waals surface area contributed by atoms with E-state index in [1.165, 1.54) is 11.3 Å². The summed E-state index contributed by atoms with van der Waals surface area (Å²) in [5.74, 6) is 0.213. The molecule has 0 spiro atoms. The molecule has 1 aromatic rings. The van der Waals surface area contributed by atoms with Crippen LogP contribution in [0.25, 0.3) is 0 Å². The second-order valence-electron chi connectivity index (χ2n) is 9.68. The average Bonchev–Trinajstić information content (AvgIpc) is 3.40. The number of hydrogen-bond acceptors (Lipinski definition) is 7. The Morgan fingerprint density at radius 3 is 2.56 bits per heavy atom. The average molecular weight is 490 g/mol. The number of rotatable bonds is 7. The SMILES string of the molecule is O=C(C1CC(N(CCN2CCOCC2)C(=O)C2CC2)CN1C(=O)c1cccs1)N1CCNCC1. The molecule has 0 aromatic carbocycles. The van der Waals surface area contributed by atoms with E-state index in [0.29, 0.717) is 37.5 Å². The highest BCUT2D eigenvalue weighted by Gasteiger charge is 2.46. The molecule has 3 aliphatic heterocycles. The van der Waals surface area contributed by atoms with Gasteiger partial charge in [-0.05, 0) is 30.7 Å². The summed E-state index contributed by atoms with van der Waals surface area (Å²) in [5.41, 5.74) is 0. The molecule has 2 atom stereocenters. The van der Waals surface area contributed by atoms with Gasteiger partial charge in [0.15, 0.2) is 0 Å². The molecule has 10 heteroatoms. The third-order valence-electron chi connectivity index (χ3n) is 7.40. The van der Waals surface area contributed by atoms with Crippen molar-refractivity contribution in [2.24, 2.45) is 5.92 Å². The van der Waals surface area contributed by atoms with Crippen molar-refractivity contribution < 1.29 is 19.1 Å². The van der Waals surface area contributed by atoms with Gasteiger partial charge in [0, 0.05) is 64.8 Å². The number of nitrogens with zero attached hydrogens (tertiary/aromatic N) is 4. The highest BCUT2D eigenvalue weighted by atomic mass is 32.1. The van der Waals surface area contributed by atoms with Crippen LogP contribution >= 0.6 is 11.3 Å². The third kappa shape index (κ3) is 5.30. The van der Waals surface area contributed by atoms with Gasteiger partial charge < -0.3 is 24.8 Å². The van der Waals surface area contributed by atoms with Gasteiger partial charge >= 0.3 is 0 Å². The highest BCUT2D eigenvalue weighted by Crippen LogP contribution is 2.34. The molecule has 34 heavy (non-hydrogen) atoms. The molecule has 186 valence electrons. The monoisotopic (exact) mass is 489 g/mol. The van der Waals surface area contributed by atoms with Crippen LogP contribution in [0.5, 0.6) is 0 Å². The van der Waals surface area contributed by atoms with Crippen molar-refractivity contribution in [2.75, 3.05) is 72.1 Å². The number of nitrogens with one attached hydrogen (secondary N) is 1. The van der Waals surface area contributed by atoms with E-state index in [2.05, 4.69) is 10.2 Å². The van der Waals surface area contributed by atoms with Gasteiger partial charge in [0.2, 0.25) is 11.8 Å². The summed E-state index contributed by atoms with van der Waals surface area (Å²) in [7, 11) is 0. The summed E-state index contributed by atoms with van der Waals surface area (Å²) < 4.78 is 5.46. The van der Waals surface area contributed by atoms with E-state index in [4.69, 9.17) is 4.74 Å². The lowest BCUT2D eigenvalue weighted by Crippen LogP contribution is -2.53. The maximum absolute atomic E-state index is 13.6. The quantitative estimate of drug-likeness (QED) is 0.595. The predicted molar refractivity (Wildman–Crippen MR) is 129 cm³/mol. The second-order valence-corrected chi connectivity index (χ2v) is 10.6. The van der Waals surface area contributed by atoms with E-state index in [0.717, 1.165) is 58.8 Å². The van der Waals surface area contributed by atoms with Gasteiger partial charge in [-0.3, -0.25) is 19.3 Å². The molecule has 5 rings (SSSR count). The normalized spacial score (nSPS) is 26.0. The van der Waals surface area contributed by atoms with Gasteiger partial charge in [0.05, 0.1) is 24.1 Å². The highest BCUT2D eigenvalue weighted by molar-refractivity contribution is 7.12. The molecular formula is C24H35N5O4S. The maximum atomic E-state index is 13.6. The number of likely N-dealkylation sites (tertiary alicyclic amines) is 1. The number of hydrogen-bond donors (Lipinski definition) is 1. The van der Waals surface area contributed by atoms with Gasteiger partial charge in [0.1, 0.15) is 6.04 Å². The lowest BCUT2D eigenvalue weighted by Gasteiger charge is -2.33. The number of piperazine rings is 1. The summed E-state index contributed by atoms with van der Waals surface area (Å²) >= 11 is 1.40. The van der Waals surface area contributed by atoms with E-state index in [-0.39, 0.29) is 29.7 Å². The van der Waals surface area contributed by atoms with Crippen LogP contribution in [0.15, 0.2) is 17.5 Å². The molecule has 1 aromatic heterocycles. The zero-order valence-electron chi connectivity index (χ0n) is 19.7. The Morgan fingerprint density at radius 1 is 1.12 bits per heavy atom. The number of amides is 3. The van der Waals surface area contributed by atoms with Crippen molar-refractivity contribution >= 4 is 29.1 Å². The second kappa shape index (κ2) is 10.7. The Bertz CT molecular complexity index is 865. The smallest absolute Gasteiger partial charge is 0.264 e. The van der Waals surface area contributed by atoms with Crippen LogP contribution in [0.3, 0.4) is 0 Å². The van der Waals surface area contributed by atoms with Crippen molar-refractivity contribution in [3.63, 3.8) is 0 Å². The minimum Gasteiger partial charge on any atom is -0.379 e. The first kappa shape index (κ1) is 23.7. The minimum atomic E-state index is -0.518.